The lowest BCUT2D eigenvalue weighted by Crippen LogP contribution is -2.24. The lowest BCUT2D eigenvalue weighted by molar-refractivity contribution is 0.0596. The minimum Gasteiger partial charge on any atom is -0.496 e. The van der Waals surface area contributed by atoms with Crippen molar-refractivity contribution in [2.75, 3.05) is 14.2 Å². The normalized spacial score (nSPS) is 13.1. The third kappa shape index (κ3) is 3.59. The van der Waals surface area contributed by atoms with Gasteiger partial charge in [0, 0.05) is 6.54 Å². The van der Waals surface area contributed by atoms with Crippen LogP contribution < -0.4 is 14.8 Å². The van der Waals surface area contributed by atoms with Gasteiger partial charge in [0.05, 0.1) is 30.2 Å². The van der Waals surface area contributed by atoms with E-state index in [-0.39, 0.29) is 28.1 Å². The number of hydrogen-bond donors (Lipinski definition) is 2. The SMILES string of the molecule is COC(=O)c1cc(CNS(=O)(=O)c2ccc3c(c2)C(=O)NC3=O)ccc1OC. The fourth-order valence-corrected chi connectivity index (χ4v) is 3.75. The van der Waals surface area contributed by atoms with E-state index in [9.17, 15) is 22.8 Å². The number of carbonyl (C=O) groups is 3. The van der Waals surface area contributed by atoms with Crippen molar-refractivity contribution in [2.45, 2.75) is 11.4 Å². The molecule has 2 aromatic carbocycles. The highest BCUT2D eigenvalue weighted by atomic mass is 32.2. The molecule has 28 heavy (non-hydrogen) atoms. The van der Waals surface area contributed by atoms with Crippen LogP contribution in [0.25, 0.3) is 0 Å². The number of amides is 2. The zero-order chi connectivity index (χ0) is 20.5. The molecule has 0 bridgehead atoms. The number of ether oxygens (including phenoxy) is 2. The van der Waals surface area contributed by atoms with E-state index in [1.165, 1.54) is 38.5 Å². The van der Waals surface area contributed by atoms with Crippen molar-refractivity contribution in [1.82, 2.24) is 10.0 Å². The molecule has 0 fully saturated rings. The van der Waals surface area contributed by atoms with Crippen LogP contribution in [0.15, 0.2) is 41.3 Å². The quantitative estimate of drug-likeness (QED) is 0.539. The van der Waals surface area contributed by atoms with Crippen molar-refractivity contribution < 1.29 is 32.3 Å². The van der Waals surface area contributed by atoms with E-state index in [1.807, 2.05) is 0 Å². The highest BCUT2D eigenvalue weighted by Gasteiger charge is 2.28. The predicted molar refractivity (Wildman–Crippen MR) is 96.6 cm³/mol. The van der Waals surface area contributed by atoms with E-state index >= 15 is 0 Å². The van der Waals surface area contributed by atoms with Crippen LogP contribution in [0.4, 0.5) is 0 Å². The van der Waals surface area contributed by atoms with Crippen molar-refractivity contribution in [2.24, 2.45) is 0 Å². The summed E-state index contributed by atoms with van der Waals surface area (Å²) >= 11 is 0. The molecule has 0 unspecified atom stereocenters. The molecule has 0 aromatic heterocycles. The number of carbonyl (C=O) groups excluding carboxylic acids is 3. The average Bonchev–Trinajstić information content (AvgIpc) is 2.99. The third-order valence-electron chi connectivity index (χ3n) is 4.15. The standard InChI is InChI=1S/C18H16N2O7S/c1-26-15-6-3-10(7-14(15)18(23)27-2)9-19-28(24,25)11-4-5-12-13(8-11)17(22)20-16(12)21/h3-8,19H,9H2,1-2H3,(H,20,21,22). The van der Waals surface area contributed by atoms with Gasteiger partial charge in [-0.3, -0.25) is 14.9 Å². The smallest absolute Gasteiger partial charge is 0.341 e. The molecule has 10 heteroatoms. The van der Waals surface area contributed by atoms with Crippen molar-refractivity contribution in [1.29, 1.82) is 0 Å². The van der Waals surface area contributed by atoms with Gasteiger partial charge in [-0.05, 0) is 35.9 Å². The summed E-state index contributed by atoms with van der Waals surface area (Å²) in [4.78, 5) is 35.0. The molecule has 0 saturated heterocycles. The largest absolute Gasteiger partial charge is 0.496 e. The molecule has 1 heterocycles. The van der Waals surface area contributed by atoms with Gasteiger partial charge in [0.2, 0.25) is 10.0 Å². The highest BCUT2D eigenvalue weighted by Crippen LogP contribution is 2.22. The molecule has 0 atom stereocenters. The molecule has 0 spiro atoms. The maximum Gasteiger partial charge on any atom is 0.341 e. The lowest BCUT2D eigenvalue weighted by Gasteiger charge is -2.11. The Morgan fingerprint density at radius 1 is 1.04 bits per heavy atom. The van der Waals surface area contributed by atoms with Crippen LogP contribution in [0, 0.1) is 0 Å². The Balaban J connectivity index is 1.83. The summed E-state index contributed by atoms with van der Waals surface area (Å²) in [5.41, 5.74) is 0.792. The topological polar surface area (TPSA) is 128 Å². The second kappa shape index (κ2) is 7.41. The molecule has 0 saturated carbocycles. The van der Waals surface area contributed by atoms with E-state index in [0.29, 0.717) is 11.3 Å². The molecule has 1 aliphatic rings. The van der Waals surface area contributed by atoms with Gasteiger partial charge in [0.1, 0.15) is 11.3 Å². The van der Waals surface area contributed by atoms with E-state index in [2.05, 4.69) is 14.8 Å². The van der Waals surface area contributed by atoms with Gasteiger partial charge in [0.25, 0.3) is 11.8 Å². The Kier molecular flexibility index (Phi) is 5.16. The summed E-state index contributed by atoms with van der Waals surface area (Å²) < 4.78 is 37.3. The van der Waals surface area contributed by atoms with Gasteiger partial charge in [0.15, 0.2) is 0 Å². The second-order valence-electron chi connectivity index (χ2n) is 5.84. The first kappa shape index (κ1) is 19.5. The minimum atomic E-state index is -3.96. The van der Waals surface area contributed by atoms with Gasteiger partial charge in [-0.25, -0.2) is 17.9 Å². The Bertz CT molecular complexity index is 1090. The molecule has 0 aliphatic carbocycles. The molecule has 146 valence electrons. The van der Waals surface area contributed by atoms with Gasteiger partial charge < -0.3 is 9.47 Å². The Morgan fingerprint density at radius 3 is 2.43 bits per heavy atom. The van der Waals surface area contributed by atoms with Crippen LogP contribution >= 0.6 is 0 Å². The van der Waals surface area contributed by atoms with Gasteiger partial charge in [-0.15, -0.1) is 0 Å². The summed E-state index contributed by atoms with van der Waals surface area (Å²) in [5, 5.41) is 2.10. The summed E-state index contributed by atoms with van der Waals surface area (Å²) in [6, 6.07) is 8.26. The summed E-state index contributed by atoms with van der Waals surface area (Å²) in [5.74, 6) is -1.52. The summed E-state index contributed by atoms with van der Waals surface area (Å²) in [7, 11) is -1.33. The molecule has 3 rings (SSSR count). The molecule has 1 aliphatic heterocycles. The minimum absolute atomic E-state index is 0.00491. The van der Waals surface area contributed by atoms with Gasteiger partial charge >= 0.3 is 5.97 Å². The summed E-state index contributed by atoms with van der Waals surface area (Å²) in [6.45, 7) is -0.113. The number of rotatable bonds is 6. The number of benzene rings is 2. The molecule has 0 radical (unpaired) electrons. The van der Waals surface area contributed by atoms with Crippen LogP contribution in [0.5, 0.6) is 5.75 Å². The zero-order valence-electron chi connectivity index (χ0n) is 14.9. The van der Waals surface area contributed by atoms with Gasteiger partial charge in [-0.2, -0.15) is 0 Å². The van der Waals surface area contributed by atoms with E-state index in [4.69, 9.17) is 4.74 Å². The fourth-order valence-electron chi connectivity index (χ4n) is 2.71. The molecule has 2 N–H and O–H groups in total. The van der Waals surface area contributed by atoms with Crippen molar-refractivity contribution in [3.8, 4) is 5.75 Å². The first-order valence-electron chi connectivity index (χ1n) is 8.01. The van der Waals surface area contributed by atoms with Crippen molar-refractivity contribution >= 4 is 27.8 Å². The average molecular weight is 404 g/mol. The molecule has 2 aromatic rings. The van der Waals surface area contributed by atoms with Crippen LogP contribution in [0.1, 0.15) is 36.6 Å². The number of fused-ring (bicyclic) bond motifs is 1. The van der Waals surface area contributed by atoms with Crippen molar-refractivity contribution in [3.63, 3.8) is 0 Å². The maximum absolute atomic E-state index is 12.5. The zero-order valence-corrected chi connectivity index (χ0v) is 15.8. The maximum atomic E-state index is 12.5. The number of esters is 1. The monoisotopic (exact) mass is 404 g/mol. The van der Waals surface area contributed by atoms with Crippen LogP contribution in [0.3, 0.4) is 0 Å². The van der Waals surface area contributed by atoms with Crippen LogP contribution in [-0.4, -0.2) is 40.4 Å². The molecular formula is C18H16N2O7S. The fraction of sp³-hybridized carbons (Fsp3) is 0.167. The number of methoxy groups -OCH3 is 2. The Hall–Kier alpha value is -3.24. The van der Waals surface area contributed by atoms with Crippen LogP contribution in [0.2, 0.25) is 0 Å². The van der Waals surface area contributed by atoms with Crippen molar-refractivity contribution in [3.05, 3.63) is 58.7 Å². The predicted octanol–water partition coefficient (Wildman–Crippen LogP) is 0.844. The number of imide groups is 1. The van der Waals surface area contributed by atoms with Crippen LogP contribution in [-0.2, 0) is 21.3 Å². The third-order valence-corrected chi connectivity index (χ3v) is 5.55. The van der Waals surface area contributed by atoms with E-state index in [0.717, 1.165) is 6.07 Å². The molecular weight excluding hydrogens is 388 g/mol. The molecule has 9 nitrogen and oxygen atoms in total. The number of sulfonamides is 1. The number of hydrogen-bond acceptors (Lipinski definition) is 7. The first-order chi connectivity index (χ1) is 13.3. The molecule has 2 amide bonds. The summed E-state index contributed by atoms with van der Waals surface area (Å²) in [6.07, 6.45) is 0. The lowest BCUT2D eigenvalue weighted by atomic mass is 10.1. The second-order valence-corrected chi connectivity index (χ2v) is 7.61. The number of nitrogens with one attached hydrogen (secondary N) is 2. The Labute approximate surface area is 160 Å². The van der Waals surface area contributed by atoms with E-state index < -0.39 is 27.8 Å². The Morgan fingerprint density at radius 2 is 1.75 bits per heavy atom. The van der Waals surface area contributed by atoms with E-state index in [1.54, 1.807) is 6.07 Å². The van der Waals surface area contributed by atoms with Gasteiger partial charge in [-0.1, -0.05) is 6.07 Å². The first-order valence-corrected chi connectivity index (χ1v) is 9.50. The highest BCUT2D eigenvalue weighted by molar-refractivity contribution is 7.89.